The maximum absolute atomic E-state index is 12.6. The summed E-state index contributed by atoms with van der Waals surface area (Å²) in [6, 6.07) is 8.24. The first-order valence-corrected chi connectivity index (χ1v) is 8.39. The van der Waals surface area contributed by atoms with E-state index < -0.39 is 12.0 Å². The summed E-state index contributed by atoms with van der Waals surface area (Å²) in [7, 11) is 2.98. The number of carbonyl (C=O) groups is 2. The summed E-state index contributed by atoms with van der Waals surface area (Å²) in [6.07, 6.45) is 0.494. The lowest BCUT2D eigenvalue weighted by molar-refractivity contribution is -0.143. The van der Waals surface area contributed by atoms with E-state index in [1.165, 1.54) is 11.8 Å². The summed E-state index contributed by atoms with van der Waals surface area (Å²) in [5.74, 6) is -0.616. The largest absolute Gasteiger partial charge is 0.467 e. The lowest BCUT2D eigenvalue weighted by Gasteiger charge is -2.18. The van der Waals surface area contributed by atoms with Crippen LogP contribution in [0.15, 0.2) is 30.3 Å². The minimum absolute atomic E-state index is 0.231. The van der Waals surface area contributed by atoms with Gasteiger partial charge in [-0.3, -0.25) is 9.48 Å². The van der Waals surface area contributed by atoms with Gasteiger partial charge in [-0.2, -0.15) is 5.10 Å². The van der Waals surface area contributed by atoms with Crippen LogP contribution in [0, 0.1) is 5.92 Å². The number of amides is 1. The molecule has 0 fully saturated rings. The molecule has 1 unspecified atom stereocenters. The van der Waals surface area contributed by atoms with Gasteiger partial charge in [0.25, 0.3) is 5.91 Å². The average Bonchev–Trinajstić information content (AvgIpc) is 2.95. The summed E-state index contributed by atoms with van der Waals surface area (Å²) in [4.78, 5) is 24.5. The molecule has 2 aromatic rings. The van der Waals surface area contributed by atoms with E-state index in [9.17, 15) is 9.59 Å². The van der Waals surface area contributed by atoms with Gasteiger partial charge in [0.1, 0.15) is 11.7 Å². The van der Waals surface area contributed by atoms with Gasteiger partial charge < -0.3 is 10.1 Å². The van der Waals surface area contributed by atoms with Crippen LogP contribution in [0.3, 0.4) is 0 Å². The summed E-state index contributed by atoms with van der Waals surface area (Å²) in [5.41, 5.74) is 1.68. The second kappa shape index (κ2) is 8.16. The molecule has 7 heteroatoms. The zero-order valence-electron chi connectivity index (χ0n) is 14.7. The molecule has 0 spiro atoms. The second-order valence-corrected chi connectivity index (χ2v) is 6.60. The number of nitrogens with zero attached hydrogens (tertiary/aromatic N) is 2. The van der Waals surface area contributed by atoms with Crippen LogP contribution < -0.4 is 5.32 Å². The molecule has 1 atom stereocenters. The fourth-order valence-electron chi connectivity index (χ4n) is 2.54. The number of hydrogen-bond donors (Lipinski definition) is 1. The van der Waals surface area contributed by atoms with Crippen molar-refractivity contribution in [1.82, 2.24) is 15.1 Å². The van der Waals surface area contributed by atoms with Gasteiger partial charge in [-0.15, -0.1) is 0 Å². The molecule has 1 aromatic carbocycles. The predicted molar refractivity (Wildman–Crippen MR) is 96.4 cm³/mol. The highest BCUT2D eigenvalue weighted by Crippen LogP contribution is 2.26. The van der Waals surface area contributed by atoms with Gasteiger partial charge in [0.05, 0.1) is 17.8 Å². The van der Waals surface area contributed by atoms with Gasteiger partial charge in [-0.25, -0.2) is 4.79 Å². The fraction of sp³-hybridized carbons (Fsp3) is 0.389. The number of aryl methyl sites for hydroxylation is 1. The number of halogens is 1. The highest BCUT2D eigenvalue weighted by atomic mass is 35.5. The number of aromatic nitrogens is 2. The van der Waals surface area contributed by atoms with Crippen molar-refractivity contribution in [3.8, 4) is 11.3 Å². The Hall–Kier alpha value is -2.34. The first kappa shape index (κ1) is 19.0. The molecule has 134 valence electrons. The molecule has 0 aliphatic carbocycles. The SMILES string of the molecule is COC(=O)C(CC(C)C)NC(=O)c1cc(-c2ccccc2Cl)nn1C. The Morgan fingerprint density at radius 2 is 2.00 bits per heavy atom. The molecule has 0 saturated heterocycles. The van der Waals surface area contributed by atoms with Gasteiger partial charge in [0.15, 0.2) is 0 Å². The van der Waals surface area contributed by atoms with Crippen LogP contribution in [0.25, 0.3) is 11.3 Å². The van der Waals surface area contributed by atoms with Gasteiger partial charge >= 0.3 is 5.97 Å². The van der Waals surface area contributed by atoms with E-state index in [2.05, 4.69) is 10.4 Å². The van der Waals surface area contributed by atoms with Gasteiger partial charge in [-0.05, 0) is 24.5 Å². The van der Waals surface area contributed by atoms with E-state index >= 15 is 0 Å². The number of methoxy groups -OCH3 is 1. The van der Waals surface area contributed by atoms with Gasteiger partial charge in [0, 0.05) is 12.6 Å². The number of rotatable bonds is 6. The lowest BCUT2D eigenvalue weighted by atomic mass is 10.0. The molecule has 0 radical (unpaired) electrons. The quantitative estimate of drug-likeness (QED) is 0.800. The molecule has 6 nitrogen and oxygen atoms in total. The third-order valence-corrected chi connectivity index (χ3v) is 4.09. The van der Waals surface area contributed by atoms with Gasteiger partial charge in [-0.1, -0.05) is 43.6 Å². The van der Waals surface area contributed by atoms with E-state index in [0.29, 0.717) is 22.8 Å². The molecule has 0 aliphatic rings. The first-order chi connectivity index (χ1) is 11.8. The fourth-order valence-corrected chi connectivity index (χ4v) is 2.77. The third-order valence-electron chi connectivity index (χ3n) is 3.76. The van der Waals surface area contributed by atoms with Crippen molar-refractivity contribution in [1.29, 1.82) is 0 Å². The molecule has 2 rings (SSSR count). The Labute approximate surface area is 152 Å². The third kappa shape index (κ3) is 4.60. The van der Waals surface area contributed by atoms with Gasteiger partial charge in [0.2, 0.25) is 0 Å². The zero-order chi connectivity index (χ0) is 18.6. The van der Waals surface area contributed by atoms with E-state index in [1.807, 2.05) is 32.0 Å². The molecule has 25 heavy (non-hydrogen) atoms. The molecule has 1 amide bonds. The number of carbonyl (C=O) groups excluding carboxylic acids is 2. The molecular formula is C18H22ClN3O3. The number of esters is 1. The van der Waals surface area contributed by atoms with Crippen LogP contribution in [0.4, 0.5) is 0 Å². The zero-order valence-corrected chi connectivity index (χ0v) is 15.5. The molecule has 0 bridgehead atoms. The maximum atomic E-state index is 12.6. The molecule has 1 heterocycles. The standard InChI is InChI=1S/C18H22ClN3O3/c1-11(2)9-15(18(24)25-4)20-17(23)16-10-14(21-22(16)3)12-7-5-6-8-13(12)19/h5-8,10-11,15H,9H2,1-4H3,(H,20,23). The smallest absolute Gasteiger partial charge is 0.328 e. The van der Waals surface area contributed by atoms with Crippen molar-refractivity contribution in [2.75, 3.05) is 7.11 Å². The topological polar surface area (TPSA) is 73.2 Å². The summed E-state index contributed by atoms with van der Waals surface area (Å²) < 4.78 is 6.25. The summed E-state index contributed by atoms with van der Waals surface area (Å²) in [6.45, 7) is 3.95. The highest BCUT2D eigenvalue weighted by Gasteiger charge is 2.25. The molecule has 0 saturated carbocycles. The number of ether oxygens (including phenoxy) is 1. The maximum Gasteiger partial charge on any atom is 0.328 e. The first-order valence-electron chi connectivity index (χ1n) is 8.01. The van der Waals surface area contributed by atoms with Crippen LogP contribution in [-0.4, -0.2) is 34.8 Å². The van der Waals surface area contributed by atoms with Crippen molar-refractivity contribution in [3.63, 3.8) is 0 Å². The van der Waals surface area contributed by atoms with Crippen LogP contribution in [0.1, 0.15) is 30.8 Å². The summed E-state index contributed by atoms with van der Waals surface area (Å²) >= 11 is 6.19. The van der Waals surface area contributed by atoms with Crippen LogP contribution >= 0.6 is 11.6 Å². The van der Waals surface area contributed by atoms with Crippen molar-refractivity contribution in [2.24, 2.45) is 13.0 Å². The van der Waals surface area contributed by atoms with Crippen molar-refractivity contribution >= 4 is 23.5 Å². The molecule has 0 aliphatic heterocycles. The Bertz CT molecular complexity index is 771. The van der Waals surface area contributed by atoms with Crippen molar-refractivity contribution in [3.05, 3.63) is 41.0 Å². The number of nitrogens with one attached hydrogen (secondary N) is 1. The number of hydrogen-bond acceptors (Lipinski definition) is 4. The lowest BCUT2D eigenvalue weighted by Crippen LogP contribution is -2.42. The Kier molecular flexibility index (Phi) is 6.20. The Morgan fingerprint density at radius 1 is 1.32 bits per heavy atom. The minimum atomic E-state index is -0.698. The second-order valence-electron chi connectivity index (χ2n) is 6.20. The Balaban J connectivity index is 2.25. The van der Waals surface area contributed by atoms with Crippen LogP contribution in [-0.2, 0) is 16.6 Å². The molecule has 1 aromatic heterocycles. The van der Waals surface area contributed by atoms with Crippen LogP contribution in [0.2, 0.25) is 5.02 Å². The van der Waals surface area contributed by atoms with E-state index in [-0.39, 0.29) is 11.8 Å². The predicted octanol–water partition coefficient (Wildman–Crippen LogP) is 3.06. The van der Waals surface area contributed by atoms with E-state index in [4.69, 9.17) is 16.3 Å². The average molecular weight is 364 g/mol. The summed E-state index contributed by atoms with van der Waals surface area (Å²) in [5, 5.41) is 7.63. The molecule has 1 N–H and O–H groups in total. The normalized spacial score (nSPS) is 12.1. The van der Waals surface area contributed by atoms with E-state index in [1.54, 1.807) is 19.2 Å². The Morgan fingerprint density at radius 3 is 2.60 bits per heavy atom. The van der Waals surface area contributed by atoms with Crippen molar-refractivity contribution < 1.29 is 14.3 Å². The number of benzene rings is 1. The minimum Gasteiger partial charge on any atom is -0.467 e. The highest BCUT2D eigenvalue weighted by molar-refractivity contribution is 6.33. The van der Waals surface area contributed by atoms with E-state index in [0.717, 1.165) is 5.56 Å². The van der Waals surface area contributed by atoms with Crippen molar-refractivity contribution in [2.45, 2.75) is 26.3 Å². The molecular weight excluding hydrogens is 342 g/mol. The van der Waals surface area contributed by atoms with Crippen LogP contribution in [0.5, 0.6) is 0 Å². The monoisotopic (exact) mass is 363 g/mol.